The fraction of sp³-hybridized carbons (Fsp3) is 0.471. The van der Waals surface area contributed by atoms with Crippen molar-refractivity contribution in [2.45, 2.75) is 41.0 Å². The summed E-state index contributed by atoms with van der Waals surface area (Å²) in [6, 6.07) is 6.14. The minimum atomic E-state index is -0.308. The Balaban J connectivity index is 2.35. The second-order valence-electron chi connectivity index (χ2n) is 6.54. The predicted octanol–water partition coefficient (Wildman–Crippen LogP) is 4.51. The normalized spacial score (nSPS) is 14.7. The zero-order valence-electron chi connectivity index (χ0n) is 12.0. The van der Waals surface area contributed by atoms with E-state index in [4.69, 9.17) is 0 Å². The molecule has 2 rings (SSSR count). The van der Waals surface area contributed by atoms with E-state index in [2.05, 4.69) is 32.1 Å². The molecule has 0 radical (unpaired) electrons. The SMILES string of the molecule is CC(C)C1=Cc2cc(C(=O)C(C)(C)C)ccc2C1. The third-order valence-electron chi connectivity index (χ3n) is 3.57. The molecule has 1 aliphatic rings. The number of fused-ring (bicyclic) bond motifs is 1. The van der Waals surface area contributed by atoms with E-state index in [1.807, 2.05) is 26.8 Å². The van der Waals surface area contributed by atoms with Gasteiger partial charge < -0.3 is 0 Å². The number of carbonyl (C=O) groups is 1. The molecule has 0 amide bonds. The van der Waals surface area contributed by atoms with Crippen LogP contribution in [0.2, 0.25) is 0 Å². The maximum Gasteiger partial charge on any atom is 0.168 e. The Bertz CT molecular complexity index is 513. The smallest absolute Gasteiger partial charge is 0.168 e. The monoisotopic (exact) mass is 242 g/mol. The van der Waals surface area contributed by atoms with Crippen molar-refractivity contribution in [1.82, 2.24) is 0 Å². The van der Waals surface area contributed by atoms with Crippen molar-refractivity contribution in [3.8, 4) is 0 Å². The minimum Gasteiger partial charge on any atom is -0.294 e. The van der Waals surface area contributed by atoms with E-state index in [-0.39, 0.29) is 11.2 Å². The topological polar surface area (TPSA) is 17.1 Å². The van der Waals surface area contributed by atoms with Crippen LogP contribution in [0.1, 0.15) is 56.1 Å². The molecule has 0 unspecified atom stereocenters. The minimum absolute atomic E-state index is 0.219. The highest BCUT2D eigenvalue weighted by atomic mass is 16.1. The summed E-state index contributed by atoms with van der Waals surface area (Å²) < 4.78 is 0. The third-order valence-corrected chi connectivity index (χ3v) is 3.57. The molecule has 0 fully saturated rings. The van der Waals surface area contributed by atoms with Gasteiger partial charge in [0.15, 0.2) is 5.78 Å². The van der Waals surface area contributed by atoms with E-state index in [1.165, 1.54) is 16.7 Å². The van der Waals surface area contributed by atoms with Crippen molar-refractivity contribution in [1.29, 1.82) is 0 Å². The molecule has 0 spiro atoms. The van der Waals surface area contributed by atoms with Crippen LogP contribution in [-0.2, 0) is 6.42 Å². The van der Waals surface area contributed by atoms with E-state index in [0.717, 1.165) is 12.0 Å². The highest BCUT2D eigenvalue weighted by molar-refractivity contribution is 6.00. The molecular weight excluding hydrogens is 220 g/mol. The summed E-state index contributed by atoms with van der Waals surface area (Å²) in [7, 11) is 0. The highest BCUT2D eigenvalue weighted by Gasteiger charge is 2.24. The zero-order chi connectivity index (χ0) is 13.5. The maximum absolute atomic E-state index is 12.3. The maximum atomic E-state index is 12.3. The quantitative estimate of drug-likeness (QED) is 0.697. The molecule has 1 aromatic rings. The predicted molar refractivity (Wildman–Crippen MR) is 76.7 cm³/mol. The largest absolute Gasteiger partial charge is 0.294 e. The molecular formula is C17H22O. The zero-order valence-corrected chi connectivity index (χ0v) is 12.0. The number of benzene rings is 1. The number of rotatable bonds is 2. The molecule has 1 heteroatoms. The third kappa shape index (κ3) is 2.40. The molecule has 1 nitrogen and oxygen atoms in total. The average molecular weight is 242 g/mol. The molecule has 1 aliphatic carbocycles. The summed E-state index contributed by atoms with van der Waals surface area (Å²) in [6.07, 6.45) is 3.29. The molecule has 0 N–H and O–H groups in total. The summed E-state index contributed by atoms with van der Waals surface area (Å²) in [5, 5.41) is 0. The van der Waals surface area contributed by atoms with Gasteiger partial charge in [-0.25, -0.2) is 0 Å². The lowest BCUT2D eigenvalue weighted by Crippen LogP contribution is -2.20. The fourth-order valence-corrected chi connectivity index (χ4v) is 2.31. The lowest BCUT2D eigenvalue weighted by molar-refractivity contribution is 0.0858. The molecule has 0 saturated carbocycles. The number of hydrogen-bond donors (Lipinski definition) is 0. The van der Waals surface area contributed by atoms with Gasteiger partial charge in [-0.15, -0.1) is 0 Å². The van der Waals surface area contributed by atoms with Crippen molar-refractivity contribution in [2.24, 2.45) is 11.3 Å². The van der Waals surface area contributed by atoms with Crippen molar-refractivity contribution < 1.29 is 4.79 Å². The summed E-state index contributed by atoms with van der Waals surface area (Å²) in [6.45, 7) is 10.4. The molecule has 0 heterocycles. The first-order valence-corrected chi connectivity index (χ1v) is 6.67. The Morgan fingerprint density at radius 1 is 1.22 bits per heavy atom. The van der Waals surface area contributed by atoms with Crippen LogP contribution in [0.15, 0.2) is 23.8 Å². The lowest BCUT2D eigenvalue weighted by Gasteiger charge is -2.17. The first-order valence-electron chi connectivity index (χ1n) is 6.67. The Kier molecular flexibility index (Phi) is 3.18. The van der Waals surface area contributed by atoms with Gasteiger partial charge in [0.25, 0.3) is 0 Å². The number of ketones is 1. The lowest BCUT2D eigenvalue weighted by atomic mass is 9.86. The van der Waals surface area contributed by atoms with Crippen LogP contribution in [0.3, 0.4) is 0 Å². The van der Waals surface area contributed by atoms with E-state index >= 15 is 0 Å². The van der Waals surface area contributed by atoms with Crippen LogP contribution in [0.4, 0.5) is 0 Å². The average Bonchev–Trinajstić information content (AvgIpc) is 2.69. The molecule has 1 aromatic carbocycles. The second-order valence-corrected chi connectivity index (χ2v) is 6.54. The van der Waals surface area contributed by atoms with E-state index < -0.39 is 0 Å². The van der Waals surface area contributed by atoms with Crippen LogP contribution >= 0.6 is 0 Å². The van der Waals surface area contributed by atoms with E-state index in [1.54, 1.807) is 0 Å². The van der Waals surface area contributed by atoms with E-state index in [0.29, 0.717) is 5.92 Å². The summed E-state index contributed by atoms with van der Waals surface area (Å²) in [5.41, 5.74) is 4.57. The fourth-order valence-electron chi connectivity index (χ4n) is 2.31. The number of carbonyl (C=O) groups excluding carboxylic acids is 1. The van der Waals surface area contributed by atoms with Gasteiger partial charge in [0.1, 0.15) is 0 Å². The number of hydrogen-bond acceptors (Lipinski definition) is 1. The van der Waals surface area contributed by atoms with Crippen LogP contribution in [0, 0.1) is 11.3 Å². The highest BCUT2D eigenvalue weighted by Crippen LogP contribution is 2.31. The molecule has 18 heavy (non-hydrogen) atoms. The van der Waals surface area contributed by atoms with Gasteiger partial charge in [0.05, 0.1) is 0 Å². The van der Waals surface area contributed by atoms with Crippen LogP contribution < -0.4 is 0 Å². The van der Waals surface area contributed by atoms with Gasteiger partial charge in [0, 0.05) is 11.0 Å². The van der Waals surface area contributed by atoms with E-state index in [9.17, 15) is 4.79 Å². The van der Waals surface area contributed by atoms with Gasteiger partial charge in [-0.05, 0) is 29.5 Å². The van der Waals surface area contributed by atoms with Crippen molar-refractivity contribution in [2.75, 3.05) is 0 Å². The van der Waals surface area contributed by atoms with Crippen LogP contribution in [0.5, 0.6) is 0 Å². The second kappa shape index (κ2) is 4.38. The van der Waals surface area contributed by atoms with Gasteiger partial charge >= 0.3 is 0 Å². The number of allylic oxidation sites excluding steroid dienone is 1. The van der Waals surface area contributed by atoms with Crippen molar-refractivity contribution in [3.05, 3.63) is 40.5 Å². The van der Waals surface area contributed by atoms with Crippen LogP contribution in [0.25, 0.3) is 6.08 Å². The van der Waals surface area contributed by atoms with Gasteiger partial charge in [-0.2, -0.15) is 0 Å². The summed E-state index contributed by atoms with van der Waals surface area (Å²) in [4.78, 5) is 12.3. The van der Waals surface area contributed by atoms with Gasteiger partial charge in [-0.3, -0.25) is 4.79 Å². The molecule has 0 atom stereocenters. The Hall–Kier alpha value is -1.37. The Labute approximate surface area is 110 Å². The van der Waals surface area contributed by atoms with Crippen molar-refractivity contribution in [3.63, 3.8) is 0 Å². The molecule has 0 aromatic heterocycles. The first kappa shape index (κ1) is 13.1. The summed E-state index contributed by atoms with van der Waals surface area (Å²) in [5.74, 6) is 0.802. The summed E-state index contributed by atoms with van der Waals surface area (Å²) >= 11 is 0. The molecule has 96 valence electrons. The molecule has 0 aliphatic heterocycles. The standard InChI is InChI=1S/C17H22O/c1-11(2)14-8-12-6-7-13(9-15(12)10-14)16(18)17(3,4)5/h6-7,9-11H,8H2,1-5H3. The van der Waals surface area contributed by atoms with Gasteiger partial charge in [-0.1, -0.05) is 58.4 Å². The Morgan fingerprint density at radius 2 is 1.89 bits per heavy atom. The number of Topliss-reactive ketones (excluding diaryl/α,β-unsaturated/α-hetero) is 1. The Morgan fingerprint density at radius 3 is 2.44 bits per heavy atom. The van der Waals surface area contributed by atoms with Crippen LogP contribution in [-0.4, -0.2) is 5.78 Å². The molecule has 0 saturated heterocycles. The molecule has 0 bridgehead atoms. The first-order chi connectivity index (χ1) is 8.29. The van der Waals surface area contributed by atoms with Gasteiger partial charge in [0.2, 0.25) is 0 Å². The van der Waals surface area contributed by atoms with Crippen molar-refractivity contribution >= 4 is 11.9 Å².